The number of fused-ring (bicyclic) bond motifs is 1. The van der Waals surface area contributed by atoms with Gasteiger partial charge in [-0.2, -0.15) is 0 Å². The lowest BCUT2D eigenvalue weighted by Gasteiger charge is -2.14. The van der Waals surface area contributed by atoms with E-state index < -0.39 is 0 Å². The summed E-state index contributed by atoms with van der Waals surface area (Å²) in [6.07, 6.45) is 1.46. The Morgan fingerprint density at radius 2 is 1.63 bits per heavy atom. The zero-order valence-electron chi connectivity index (χ0n) is 14.8. The van der Waals surface area contributed by atoms with Gasteiger partial charge in [-0.3, -0.25) is 15.8 Å². The number of anilines is 5. The van der Waals surface area contributed by atoms with Gasteiger partial charge in [0.25, 0.3) is 0 Å². The molecule has 7 nitrogen and oxygen atoms in total. The summed E-state index contributed by atoms with van der Waals surface area (Å²) in [5.74, 6) is 1.01. The molecule has 4 rings (SSSR count). The van der Waals surface area contributed by atoms with E-state index in [0.29, 0.717) is 17.3 Å². The van der Waals surface area contributed by atoms with Crippen LogP contribution in [0.3, 0.4) is 0 Å². The Kier molecular flexibility index (Phi) is 4.40. The van der Waals surface area contributed by atoms with Crippen molar-refractivity contribution in [2.45, 2.75) is 6.92 Å². The zero-order chi connectivity index (χ0) is 18.6. The molecule has 0 atom stereocenters. The van der Waals surface area contributed by atoms with Crippen LogP contribution in [0.2, 0.25) is 0 Å². The van der Waals surface area contributed by atoms with Crippen LogP contribution < -0.4 is 21.9 Å². The van der Waals surface area contributed by atoms with Gasteiger partial charge in [-0.25, -0.2) is 9.97 Å². The van der Waals surface area contributed by atoms with Crippen LogP contribution in [0.4, 0.5) is 28.7 Å². The molecule has 0 radical (unpaired) electrons. The monoisotopic (exact) mass is 357 g/mol. The Morgan fingerprint density at radius 3 is 2.48 bits per heavy atom. The number of hydrazine groups is 1. The number of para-hydroxylation sites is 1. The summed E-state index contributed by atoms with van der Waals surface area (Å²) in [5, 5.41) is 4.29. The number of pyridine rings is 1. The van der Waals surface area contributed by atoms with Crippen LogP contribution >= 0.6 is 0 Å². The Bertz CT molecular complexity index is 1080. The summed E-state index contributed by atoms with van der Waals surface area (Å²) in [6, 6.07) is 19.6. The van der Waals surface area contributed by atoms with E-state index in [4.69, 9.17) is 5.73 Å². The molecular weight excluding hydrogens is 338 g/mol. The number of nitrogen functional groups attached to an aromatic ring is 1. The predicted molar refractivity (Wildman–Crippen MR) is 110 cm³/mol. The second-order valence-corrected chi connectivity index (χ2v) is 6.05. The van der Waals surface area contributed by atoms with E-state index in [1.807, 2.05) is 67.6 Å². The van der Waals surface area contributed by atoms with Crippen LogP contribution in [0.15, 0.2) is 67.0 Å². The normalized spacial score (nSPS) is 10.6. The molecule has 5 N–H and O–H groups in total. The number of nitrogens with two attached hydrogens (primary N) is 1. The third-order valence-electron chi connectivity index (χ3n) is 4.11. The quantitative estimate of drug-likeness (QED) is 0.399. The van der Waals surface area contributed by atoms with Crippen molar-refractivity contribution in [2.24, 2.45) is 0 Å². The van der Waals surface area contributed by atoms with Gasteiger partial charge in [0, 0.05) is 16.8 Å². The van der Waals surface area contributed by atoms with Crippen molar-refractivity contribution in [1.29, 1.82) is 0 Å². The van der Waals surface area contributed by atoms with Gasteiger partial charge >= 0.3 is 0 Å². The molecule has 4 aromatic rings. The summed E-state index contributed by atoms with van der Waals surface area (Å²) in [4.78, 5) is 13.0. The minimum Gasteiger partial charge on any atom is -0.393 e. The molecular formula is C20H19N7. The first-order valence-corrected chi connectivity index (χ1v) is 8.51. The number of benzene rings is 2. The zero-order valence-corrected chi connectivity index (χ0v) is 14.8. The van der Waals surface area contributed by atoms with Crippen LogP contribution in [-0.4, -0.2) is 15.0 Å². The molecule has 0 fully saturated rings. The van der Waals surface area contributed by atoms with Crippen molar-refractivity contribution in [1.82, 2.24) is 15.0 Å². The molecule has 0 unspecified atom stereocenters. The SMILES string of the molecule is Cc1ccc2c(Nc3ncnc(NNc4ccccc4)c3N)cccc2n1. The minimum absolute atomic E-state index is 0.415. The molecule has 0 bridgehead atoms. The number of nitrogens with zero attached hydrogens (tertiary/aromatic N) is 3. The fraction of sp³-hybridized carbons (Fsp3) is 0.0500. The average molecular weight is 357 g/mol. The standard InChI is InChI=1S/C20H19N7/c1-13-10-11-15-16(24-13)8-5-9-17(15)25-19-18(21)20(23-12-22-19)27-26-14-6-3-2-4-7-14/h2-12,26H,21H2,1H3,(H2,22,23,25,27). The molecule has 0 saturated heterocycles. The van der Waals surface area contributed by atoms with E-state index in [1.54, 1.807) is 0 Å². The van der Waals surface area contributed by atoms with Gasteiger partial charge in [-0.05, 0) is 43.3 Å². The fourth-order valence-corrected chi connectivity index (χ4v) is 2.74. The first-order chi connectivity index (χ1) is 13.2. The van der Waals surface area contributed by atoms with Crippen molar-refractivity contribution in [3.8, 4) is 0 Å². The van der Waals surface area contributed by atoms with E-state index in [2.05, 4.69) is 31.1 Å². The lowest BCUT2D eigenvalue weighted by atomic mass is 10.1. The van der Waals surface area contributed by atoms with Crippen molar-refractivity contribution >= 4 is 39.6 Å². The molecule has 0 aliphatic rings. The van der Waals surface area contributed by atoms with Gasteiger partial charge in [0.15, 0.2) is 11.6 Å². The number of nitrogens with one attached hydrogen (secondary N) is 3. The summed E-state index contributed by atoms with van der Waals surface area (Å²) in [7, 11) is 0. The Hall–Kier alpha value is -3.87. The maximum Gasteiger partial charge on any atom is 0.173 e. The largest absolute Gasteiger partial charge is 0.393 e. The van der Waals surface area contributed by atoms with E-state index in [1.165, 1.54) is 6.33 Å². The van der Waals surface area contributed by atoms with Crippen LogP contribution in [-0.2, 0) is 0 Å². The first-order valence-electron chi connectivity index (χ1n) is 8.51. The van der Waals surface area contributed by atoms with Crippen molar-refractivity contribution in [2.75, 3.05) is 21.9 Å². The van der Waals surface area contributed by atoms with E-state index in [0.717, 1.165) is 28.0 Å². The highest BCUT2D eigenvalue weighted by Gasteiger charge is 2.10. The first kappa shape index (κ1) is 16.6. The molecule has 2 aromatic heterocycles. The Morgan fingerprint density at radius 1 is 0.815 bits per heavy atom. The third-order valence-corrected chi connectivity index (χ3v) is 4.11. The second kappa shape index (κ2) is 7.17. The molecule has 0 amide bonds. The van der Waals surface area contributed by atoms with E-state index in [9.17, 15) is 0 Å². The maximum absolute atomic E-state index is 6.26. The molecule has 2 aromatic carbocycles. The number of hydrogen-bond donors (Lipinski definition) is 4. The maximum atomic E-state index is 6.26. The lowest BCUT2D eigenvalue weighted by Crippen LogP contribution is -2.13. The molecule has 0 aliphatic heterocycles. The molecule has 0 aliphatic carbocycles. The van der Waals surface area contributed by atoms with Crippen molar-refractivity contribution in [3.05, 3.63) is 72.7 Å². The number of rotatable bonds is 5. The summed E-state index contributed by atoms with van der Waals surface area (Å²) in [6.45, 7) is 1.97. The smallest absolute Gasteiger partial charge is 0.173 e. The highest BCUT2D eigenvalue weighted by atomic mass is 15.4. The molecule has 0 saturated carbocycles. The van der Waals surface area contributed by atoms with Gasteiger partial charge in [-0.15, -0.1) is 0 Å². The molecule has 2 heterocycles. The van der Waals surface area contributed by atoms with Crippen molar-refractivity contribution < 1.29 is 0 Å². The number of hydrogen-bond acceptors (Lipinski definition) is 7. The third kappa shape index (κ3) is 3.57. The lowest BCUT2D eigenvalue weighted by molar-refractivity contribution is 1.16. The predicted octanol–water partition coefficient (Wildman–Crippen LogP) is 4.10. The van der Waals surface area contributed by atoms with Gasteiger partial charge in [0.1, 0.15) is 12.0 Å². The van der Waals surface area contributed by atoms with Crippen LogP contribution in [0.5, 0.6) is 0 Å². The van der Waals surface area contributed by atoms with E-state index >= 15 is 0 Å². The number of aryl methyl sites for hydroxylation is 1. The van der Waals surface area contributed by atoms with Gasteiger partial charge in [0.05, 0.1) is 11.2 Å². The molecule has 7 heteroatoms. The second-order valence-electron chi connectivity index (χ2n) is 6.05. The van der Waals surface area contributed by atoms with Crippen molar-refractivity contribution in [3.63, 3.8) is 0 Å². The average Bonchev–Trinajstić information content (AvgIpc) is 2.69. The summed E-state index contributed by atoms with van der Waals surface area (Å²) >= 11 is 0. The molecule has 27 heavy (non-hydrogen) atoms. The Balaban J connectivity index is 1.60. The van der Waals surface area contributed by atoms with Gasteiger partial charge in [-0.1, -0.05) is 24.3 Å². The fourth-order valence-electron chi connectivity index (χ4n) is 2.74. The summed E-state index contributed by atoms with van der Waals surface area (Å²) in [5.41, 5.74) is 16.4. The topological polar surface area (TPSA) is 101 Å². The van der Waals surface area contributed by atoms with Crippen LogP contribution in [0, 0.1) is 6.92 Å². The Labute approximate surface area is 156 Å². The summed E-state index contributed by atoms with van der Waals surface area (Å²) < 4.78 is 0. The highest BCUT2D eigenvalue weighted by Crippen LogP contribution is 2.29. The van der Waals surface area contributed by atoms with Crippen LogP contribution in [0.25, 0.3) is 10.9 Å². The molecule has 134 valence electrons. The molecule has 0 spiro atoms. The van der Waals surface area contributed by atoms with E-state index in [-0.39, 0.29) is 0 Å². The van der Waals surface area contributed by atoms with Gasteiger partial charge < -0.3 is 11.1 Å². The highest BCUT2D eigenvalue weighted by molar-refractivity contribution is 5.94. The van der Waals surface area contributed by atoms with Crippen LogP contribution in [0.1, 0.15) is 5.69 Å². The number of aromatic nitrogens is 3. The van der Waals surface area contributed by atoms with Gasteiger partial charge in [0.2, 0.25) is 0 Å². The minimum atomic E-state index is 0.415.